The first-order chi connectivity index (χ1) is 12.7. The molecule has 1 spiro atoms. The maximum absolute atomic E-state index is 13.7. The molecule has 0 atom stereocenters. The van der Waals surface area contributed by atoms with Crippen LogP contribution in [0.5, 0.6) is 0 Å². The molecule has 1 amide bonds. The molecule has 5 heteroatoms. The van der Waals surface area contributed by atoms with E-state index in [4.69, 9.17) is 4.74 Å². The van der Waals surface area contributed by atoms with Crippen LogP contribution in [0.1, 0.15) is 57.9 Å². The van der Waals surface area contributed by atoms with Gasteiger partial charge in [0.1, 0.15) is 11.4 Å². The highest BCUT2D eigenvalue weighted by Crippen LogP contribution is 2.49. The summed E-state index contributed by atoms with van der Waals surface area (Å²) in [6.45, 7) is 7.27. The van der Waals surface area contributed by atoms with Crippen molar-refractivity contribution in [1.29, 1.82) is 0 Å². The lowest BCUT2D eigenvalue weighted by atomic mass is 9.65. The fourth-order valence-electron chi connectivity index (χ4n) is 4.57. The third-order valence-corrected chi connectivity index (χ3v) is 5.93. The molecule has 1 saturated heterocycles. The van der Waals surface area contributed by atoms with E-state index in [2.05, 4.69) is 4.98 Å². The first-order valence-corrected chi connectivity index (χ1v) is 9.77. The number of hydrogen-bond donors (Lipinski definition) is 0. The van der Waals surface area contributed by atoms with Crippen LogP contribution >= 0.6 is 0 Å². The minimum Gasteiger partial charge on any atom is -0.444 e. The van der Waals surface area contributed by atoms with Crippen molar-refractivity contribution >= 4 is 17.0 Å². The first-order valence-electron chi connectivity index (χ1n) is 9.77. The number of halogens is 1. The molecule has 0 radical (unpaired) electrons. The highest BCUT2D eigenvalue weighted by Gasteiger charge is 2.48. The van der Waals surface area contributed by atoms with E-state index in [1.54, 1.807) is 12.1 Å². The monoisotopic (exact) mass is 370 g/mol. The SMILES string of the molecule is CC(C)(C)OC(=O)N1CC2(CCC(c3ccnc4ccc(F)cc34)CC2)C1. The van der Waals surface area contributed by atoms with Crippen LogP contribution < -0.4 is 0 Å². The third-order valence-electron chi connectivity index (χ3n) is 5.93. The summed E-state index contributed by atoms with van der Waals surface area (Å²) in [5.74, 6) is 0.217. The van der Waals surface area contributed by atoms with Crippen molar-refractivity contribution in [2.24, 2.45) is 5.41 Å². The fraction of sp³-hybridized carbons (Fsp3) is 0.545. The van der Waals surface area contributed by atoms with Gasteiger partial charge in [-0.1, -0.05) is 0 Å². The number of pyridine rings is 1. The number of amides is 1. The van der Waals surface area contributed by atoms with Gasteiger partial charge in [-0.05, 0) is 82.2 Å². The van der Waals surface area contributed by atoms with E-state index in [-0.39, 0.29) is 17.3 Å². The van der Waals surface area contributed by atoms with Crippen molar-refractivity contribution in [1.82, 2.24) is 9.88 Å². The van der Waals surface area contributed by atoms with E-state index < -0.39 is 5.60 Å². The zero-order valence-electron chi connectivity index (χ0n) is 16.3. The van der Waals surface area contributed by atoms with E-state index in [1.165, 1.54) is 11.6 Å². The molecule has 1 saturated carbocycles. The number of nitrogens with zero attached hydrogens (tertiary/aromatic N) is 2. The van der Waals surface area contributed by atoms with Gasteiger partial charge in [0, 0.05) is 30.1 Å². The molecule has 4 rings (SSSR count). The van der Waals surface area contributed by atoms with Crippen molar-refractivity contribution < 1.29 is 13.9 Å². The van der Waals surface area contributed by atoms with Crippen LogP contribution in [-0.4, -0.2) is 34.7 Å². The van der Waals surface area contributed by atoms with Gasteiger partial charge in [0.2, 0.25) is 0 Å². The Hall–Kier alpha value is -2.17. The Bertz CT molecular complexity index is 858. The zero-order chi connectivity index (χ0) is 19.2. The molecule has 27 heavy (non-hydrogen) atoms. The van der Waals surface area contributed by atoms with Gasteiger partial charge >= 0.3 is 6.09 Å². The average molecular weight is 370 g/mol. The van der Waals surface area contributed by atoms with Gasteiger partial charge < -0.3 is 9.64 Å². The van der Waals surface area contributed by atoms with Crippen LogP contribution in [0.3, 0.4) is 0 Å². The van der Waals surface area contributed by atoms with E-state index in [0.29, 0.717) is 5.92 Å². The molecule has 0 N–H and O–H groups in total. The van der Waals surface area contributed by atoms with Gasteiger partial charge in [-0.2, -0.15) is 0 Å². The van der Waals surface area contributed by atoms with Crippen LogP contribution in [0.25, 0.3) is 10.9 Å². The molecule has 144 valence electrons. The number of fused-ring (bicyclic) bond motifs is 1. The fourth-order valence-corrected chi connectivity index (χ4v) is 4.57. The summed E-state index contributed by atoms with van der Waals surface area (Å²) in [4.78, 5) is 18.4. The van der Waals surface area contributed by atoms with Crippen molar-refractivity contribution in [3.05, 3.63) is 41.8 Å². The molecule has 2 heterocycles. The summed E-state index contributed by atoms with van der Waals surface area (Å²) in [7, 11) is 0. The van der Waals surface area contributed by atoms with Gasteiger partial charge in [-0.3, -0.25) is 4.98 Å². The second kappa shape index (κ2) is 6.47. The molecule has 2 aliphatic rings. The number of carbonyl (C=O) groups is 1. The second-order valence-electron chi connectivity index (χ2n) is 9.17. The third kappa shape index (κ3) is 3.64. The minimum atomic E-state index is -0.449. The minimum absolute atomic E-state index is 0.203. The highest BCUT2D eigenvalue weighted by atomic mass is 19.1. The molecule has 1 aromatic heterocycles. The number of benzene rings is 1. The molecule has 0 bridgehead atoms. The number of ether oxygens (including phenoxy) is 1. The van der Waals surface area contributed by atoms with Crippen LogP contribution in [0.15, 0.2) is 30.5 Å². The van der Waals surface area contributed by atoms with Gasteiger partial charge in [-0.25, -0.2) is 9.18 Å². The summed E-state index contributed by atoms with van der Waals surface area (Å²) >= 11 is 0. The van der Waals surface area contributed by atoms with Gasteiger partial charge in [0.25, 0.3) is 0 Å². The zero-order valence-corrected chi connectivity index (χ0v) is 16.3. The molecule has 2 fully saturated rings. The van der Waals surface area contributed by atoms with Crippen LogP contribution in [0.2, 0.25) is 0 Å². The predicted octanol–water partition coefficient (Wildman–Crippen LogP) is 5.27. The Morgan fingerprint density at radius 2 is 1.93 bits per heavy atom. The van der Waals surface area contributed by atoms with Gasteiger partial charge in [0.15, 0.2) is 0 Å². The summed E-state index contributed by atoms with van der Waals surface area (Å²) in [6, 6.07) is 6.87. The Labute approximate surface area is 159 Å². The largest absolute Gasteiger partial charge is 0.444 e. The molecule has 1 aromatic carbocycles. The predicted molar refractivity (Wildman–Crippen MR) is 103 cm³/mol. The molecular weight excluding hydrogens is 343 g/mol. The number of hydrogen-bond acceptors (Lipinski definition) is 3. The molecule has 0 unspecified atom stereocenters. The van der Waals surface area contributed by atoms with Gasteiger partial charge in [0.05, 0.1) is 5.52 Å². The quantitative estimate of drug-likeness (QED) is 0.687. The maximum atomic E-state index is 13.7. The number of carbonyl (C=O) groups excluding carboxylic acids is 1. The average Bonchev–Trinajstić information content (AvgIpc) is 2.58. The van der Waals surface area contributed by atoms with E-state index in [0.717, 1.165) is 49.7 Å². The van der Waals surface area contributed by atoms with E-state index in [9.17, 15) is 9.18 Å². The molecule has 2 aromatic rings. The molecule has 4 nitrogen and oxygen atoms in total. The first kappa shape index (κ1) is 18.2. The van der Waals surface area contributed by atoms with Crippen LogP contribution in [0, 0.1) is 11.2 Å². The molecular formula is C22H27FN2O2. The van der Waals surface area contributed by atoms with Crippen molar-refractivity contribution in [2.75, 3.05) is 13.1 Å². The van der Waals surface area contributed by atoms with E-state index >= 15 is 0 Å². The summed E-state index contributed by atoms with van der Waals surface area (Å²) in [5.41, 5.74) is 1.85. The van der Waals surface area contributed by atoms with Crippen LogP contribution in [0.4, 0.5) is 9.18 Å². The summed E-state index contributed by atoms with van der Waals surface area (Å²) in [5, 5.41) is 0.933. The highest BCUT2D eigenvalue weighted by molar-refractivity contribution is 5.82. The molecule has 1 aliphatic heterocycles. The van der Waals surface area contributed by atoms with Crippen LogP contribution in [-0.2, 0) is 4.74 Å². The molecule has 1 aliphatic carbocycles. The Balaban J connectivity index is 1.41. The lowest BCUT2D eigenvalue weighted by Crippen LogP contribution is -2.60. The smallest absolute Gasteiger partial charge is 0.410 e. The summed E-state index contributed by atoms with van der Waals surface area (Å²) in [6.07, 6.45) is 5.95. The topological polar surface area (TPSA) is 42.4 Å². The normalized spacial score (nSPS) is 19.9. The van der Waals surface area contributed by atoms with Crippen molar-refractivity contribution in [3.8, 4) is 0 Å². The Morgan fingerprint density at radius 1 is 1.22 bits per heavy atom. The number of rotatable bonds is 1. The van der Waals surface area contributed by atoms with Gasteiger partial charge in [-0.15, -0.1) is 0 Å². The van der Waals surface area contributed by atoms with Crippen molar-refractivity contribution in [3.63, 3.8) is 0 Å². The maximum Gasteiger partial charge on any atom is 0.410 e. The summed E-state index contributed by atoms with van der Waals surface area (Å²) < 4.78 is 19.2. The number of likely N-dealkylation sites (tertiary alicyclic amines) is 1. The Morgan fingerprint density at radius 3 is 2.59 bits per heavy atom. The lowest BCUT2D eigenvalue weighted by Gasteiger charge is -2.53. The Kier molecular flexibility index (Phi) is 4.36. The second-order valence-corrected chi connectivity index (χ2v) is 9.17. The standard InChI is InChI=1S/C22H27FN2O2/c1-21(2,3)27-20(26)25-13-22(14-25)9-6-15(7-10-22)17-8-11-24-19-5-4-16(23)12-18(17)19/h4-5,8,11-12,15H,6-7,9-10,13-14H2,1-3H3. The lowest BCUT2D eigenvalue weighted by molar-refractivity contribution is -0.0505. The number of aromatic nitrogens is 1. The van der Waals surface area contributed by atoms with Crippen molar-refractivity contribution in [2.45, 2.75) is 58.0 Å². The van der Waals surface area contributed by atoms with E-state index in [1.807, 2.05) is 37.9 Å².